The zero-order valence-corrected chi connectivity index (χ0v) is 16.5. The van der Waals surface area contributed by atoms with E-state index in [0.717, 1.165) is 16.5 Å². The number of hydrogen-bond donors (Lipinski definition) is 1. The van der Waals surface area contributed by atoms with Gasteiger partial charge < -0.3 is 10.1 Å². The van der Waals surface area contributed by atoms with E-state index in [4.69, 9.17) is 11.2 Å². The third-order valence-electron chi connectivity index (χ3n) is 3.66. The summed E-state index contributed by atoms with van der Waals surface area (Å²) in [5.41, 5.74) is 1.22. The normalized spacial score (nSPS) is 11.8. The standard InChI is InChI=1S/C21H22N2O2S/c1-7-9-21(4,5)23-19(24)20(26-6)25-17-10-14(3)18-16(12-17)11-15(8-2)13-22-18/h2,10-13,20H,1,3-6H3,(H,23,24). The Morgan fingerprint density at radius 1 is 1.38 bits per heavy atom. The molecule has 0 aliphatic rings. The number of ether oxygens (including phenoxy) is 1. The fraction of sp³-hybridized carbons (Fsp3) is 0.333. The Morgan fingerprint density at radius 2 is 2.12 bits per heavy atom. The number of nitrogens with one attached hydrogen (secondary N) is 1. The second kappa shape index (κ2) is 8.17. The van der Waals surface area contributed by atoms with E-state index in [-0.39, 0.29) is 5.91 Å². The van der Waals surface area contributed by atoms with Crippen molar-refractivity contribution < 1.29 is 9.53 Å². The number of aromatic nitrogens is 1. The van der Waals surface area contributed by atoms with E-state index in [2.05, 4.69) is 28.1 Å². The monoisotopic (exact) mass is 366 g/mol. The van der Waals surface area contributed by atoms with Crippen LogP contribution in [-0.4, -0.2) is 28.1 Å². The second-order valence-corrected chi connectivity index (χ2v) is 7.25. The molecule has 1 aromatic carbocycles. The molecule has 0 fully saturated rings. The number of hydrogen-bond acceptors (Lipinski definition) is 4. The molecule has 1 N–H and O–H groups in total. The Kier molecular flexibility index (Phi) is 6.18. The van der Waals surface area contributed by atoms with Gasteiger partial charge in [-0.25, -0.2) is 0 Å². The molecule has 1 heterocycles. The number of terminal acetylenes is 1. The smallest absolute Gasteiger partial charge is 0.272 e. The van der Waals surface area contributed by atoms with E-state index >= 15 is 0 Å². The summed E-state index contributed by atoms with van der Waals surface area (Å²) in [6.45, 7) is 7.40. The molecule has 1 unspecified atom stereocenters. The number of amides is 1. The van der Waals surface area contributed by atoms with Gasteiger partial charge in [-0.2, -0.15) is 0 Å². The van der Waals surface area contributed by atoms with Crippen molar-refractivity contribution in [1.29, 1.82) is 0 Å². The first-order valence-corrected chi connectivity index (χ1v) is 9.41. The van der Waals surface area contributed by atoms with Crippen molar-refractivity contribution in [3.8, 4) is 29.9 Å². The summed E-state index contributed by atoms with van der Waals surface area (Å²) < 4.78 is 5.94. The van der Waals surface area contributed by atoms with E-state index in [9.17, 15) is 4.79 Å². The second-order valence-electron chi connectivity index (χ2n) is 6.35. The number of carbonyl (C=O) groups excluding carboxylic acids is 1. The molecule has 1 amide bonds. The average molecular weight is 366 g/mol. The van der Waals surface area contributed by atoms with Crippen LogP contribution in [0.15, 0.2) is 24.4 Å². The first kappa shape index (κ1) is 19.7. The maximum absolute atomic E-state index is 12.6. The molecule has 2 aromatic rings. The minimum Gasteiger partial charge on any atom is -0.470 e. The molecule has 26 heavy (non-hydrogen) atoms. The van der Waals surface area contributed by atoms with E-state index in [1.54, 1.807) is 13.1 Å². The Labute approximate surface area is 159 Å². The van der Waals surface area contributed by atoms with Crippen molar-refractivity contribution in [2.24, 2.45) is 0 Å². The summed E-state index contributed by atoms with van der Waals surface area (Å²) >= 11 is 1.32. The number of aryl methyl sites for hydroxylation is 1. The molecule has 0 bridgehead atoms. The quantitative estimate of drug-likeness (QED) is 0.650. The summed E-state index contributed by atoms with van der Waals surface area (Å²) in [6, 6.07) is 5.61. The Bertz CT molecular complexity index is 933. The van der Waals surface area contributed by atoms with Crippen LogP contribution in [0.25, 0.3) is 10.9 Å². The molecule has 2 rings (SSSR count). The highest BCUT2D eigenvalue weighted by Crippen LogP contribution is 2.26. The third-order valence-corrected chi connectivity index (χ3v) is 4.40. The number of benzene rings is 1. The lowest BCUT2D eigenvalue weighted by atomic mass is 10.1. The lowest BCUT2D eigenvalue weighted by Gasteiger charge is -2.24. The van der Waals surface area contributed by atoms with Gasteiger partial charge in [0.1, 0.15) is 5.75 Å². The molecule has 134 valence electrons. The van der Waals surface area contributed by atoms with Gasteiger partial charge in [0.15, 0.2) is 0 Å². The molecule has 1 atom stereocenters. The van der Waals surface area contributed by atoms with Crippen molar-refractivity contribution in [3.05, 3.63) is 35.5 Å². The molecule has 0 spiro atoms. The van der Waals surface area contributed by atoms with Gasteiger partial charge in [-0.1, -0.05) is 11.8 Å². The number of pyridine rings is 1. The lowest BCUT2D eigenvalue weighted by molar-refractivity contribution is -0.125. The molecule has 0 aliphatic carbocycles. The maximum Gasteiger partial charge on any atom is 0.272 e. The summed E-state index contributed by atoms with van der Waals surface area (Å²) in [5, 5.41) is 3.78. The van der Waals surface area contributed by atoms with Crippen molar-refractivity contribution in [2.75, 3.05) is 6.26 Å². The number of carbonyl (C=O) groups is 1. The van der Waals surface area contributed by atoms with Gasteiger partial charge in [0.2, 0.25) is 5.44 Å². The molecule has 0 aliphatic heterocycles. The first-order valence-electron chi connectivity index (χ1n) is 8.12. The van der Waals surface area contributed by atoms with Crippen molar-refractivity contribution in [3.63, 3.8) is 0 Å². The van der Waals surface area contributed by atoms with E-state index in [1.807, 2.05) is 45.2 Å². The van der Waals surface area contributed by atoms with Crippen LogP contribution in [0.3, 0.4) is 0 Å². The molecule has 0 saturated carbocycles. The Morgan fingerprint density at radius 3 is 2.73 bits per heavy atom. The van der Waals surface area contributed by atoms with Crippen LogP contribution in [0, 0.1) is 31.1 Å². The summed E-state index contributed by atoms with van der Waals surface area (Å²) in [4.78, 5) is 17.0. The molecular weight excluding hydrogens is 344 g/mol. The van der Waals surface area contributed by atoms with Gasteiger partial charge in [-0.3, -0.25) is 9.78 Å². The van der Waals surface area contributed by atoms with Crippen molar-refractivity contribution >= 4 is 28.6 Å². The minimum absolute atomic E-state index is 0.224. The van der Waals surface area contributed by atoms with Crippen LogP contribution in [0.4, 0.5) is 0 Å². The number of rotatable bonds is 5. The SMILES string of the molecule is C#Cc1cnc2c(C)cc(OC(SC)C(=O)NC(C)(C)C#CC)cc2c1. The number of thioether (sulfide) groups is 1. The molecule has 5 heteroatoms. The van der Waals surface area contributed by atoms with Crippen molar-refractivity contribution in [2.45, 2.75) is 38.7 Å². The zero-order chi connectivity index (χ0) is 19.3. The fourth-order valence-electron chi connectivity index (χ4n) is 2.59. The van der Waals surface area contributed by atoms with Crippen LogP contribution in [-0.2, 0) is 4.79 Å². The van der Waals surface area contributed by atoms with E-state index in [1.165, 1.54) is 11.8 Å². The maximum atomic E-state index is 12.6. The van der Waals surface area contributed by atoms with Gasteiger partial charge in [-0.05, 0) is 57.7 Å². The van der Waals surface area contributed by atoms with E-state index in [0.29, 0.717) is 11.3 Å². The predicted octanol–water partition coefficient (Wildman–Crippen LogP) is 3.51. The number of fused-ring (bicyclic) bond motifs is 1. The van der Waals surface area contributed by atoms with Gasteiger partial charge in [0, 0.05) is 17.1 Å². The molecule has 1 aromatic heterocycles. The Balaban J connectivity index is 2.28. The zero-order valence-electron chi connectivity index (χ0n) is 15.6. The highest BCUT2D eigenvalue weighted by atomic mass is 32.2. The van der Waals surface area contributed by atoms with Crippen LogP contribution >= 0.6 is 11.8 Å². The minimum atomic E-state index is -0.687. The molecule has 0 radical (unpaired) electrons. The summed E-state index contributed by atoms with van der Waals surface area (Å²) in [5.74, 6) is 8.75. The van der Waals surface area contributed by atoms with Gasteiger partial charge >= 0.3 is 0 Å². The lowest BCUT2D eigenvalue weighted by Crippen LogP contribution is -2.47. The average Bonchev–Trinajstić information content (AvgIpc) is 2.58. The Hall–Kier alpha value is -2.63. The van der Waals surface area contributed by atoms with Gasteiger partial charge in [-0.15, -0.1) is 24.1 Å². The topological polar surface area (TPSA) is 51.2 Å². The largest absolute Gasteiger partial charge is 0.470 e. The highest BCUT2D eigenvalue weighted by Gasteiger charge is 2.25. The highest BCUT2D eigenvalue weighted by molar-refractivity contribution is 7.99. The molecule has 4 nitrogen and oxygen atoms in total. The summed E-state index contributed by atoms with van der Waals surface area (Å²) in [6.07, 6.45) is 8.95. The summed E-state index contributed by atoms with van der Waals surface area (Å²) in [7, 11) is 0. The van der Waals surface area contributed by atoms with Crippen LogP contribution in [0.1, 0.15) is 31.9 Å². The van der Waals surface area contributed by atoms with Crippen LogP contribution in [0.2, 0.25) is 0 Å². The predicted molar refractivity (Wildman–Crippen MR) is 108 cm³/mol. The first-order chi connectivity index (χ1) is 12.3. The van der Waals surface area contributed by atoms with Gasteiger partial charge in [0.25, 0.3) is 5.91 Å². The van der Waals surface area contributed by atoms with Crippen LogP contribution in [0.5, 0.6) is 5.75 Å². The number of nitrogens with zero attached hydrogens (tertiary/aromatic N) is 1. The molecule has 0 saturated heterocycles. The van der Waals surface area contributed by atoms with Crippen molar-refractivity contribution in [1.82, 2.24) is 10.3 Å². The van der Waals surface area contributed by atoms with Gasteiger partial charge in [0.05, 0.1) is 11.1 Å². The third kappa shape index (κ3) is 4.71. The fourth-order valence-corrected chi connectivity index (χ4v) is 3.07. The van der Waals surface area contributed by atoms with E-state index < -0.39 is 11.0 Å². The van der Waals surface area contributed by atoms with Crippen LogP contribution < -0.4 is 10.1 Å². The molecular formula is C21H22N2O2S.